The Kier molecular flexibility index (Phi) is 5.77. The Morgan fingerprint density at radius 3 is 2.50 bits per heavy atom. The highest BCUT2D eigenvalue weighted by atomic mass is 32.2. The van der Waals surface area contributed by atoms with Crippen molar-refractivity contribution in [2.24, 2.45) is 0 Å². The fourth-order valence-electron chi connectivity index (χ4n) is 2.81. The molecule has 1 atom stereocenters. The summed E-state index contributed by atoms with van der Waals surface area (Å²) in [6.45, 7) is 5.92. The second-order valence-electron chi connectivity index (χ2n) is 5.82. The molecule has 0 radical (unpaired) electrons. The third kappa shape index (κ3) is 3.67. The van der Waals surface area contributed by atoms with E-state index < -0.39 is 22.1 Å². The average molecular weight is 353 g/mol. The summed E-state index contributed by atoms with van der Waals surface area (Å²) >= 11 is 0. The van der Waals surface area contributed by atoms with Crippen LogP contribution in [0.25, 0.3) is 0 Å². The number of hydrogen-bond acceptors (Lipinski definition) is 5. The van der Waals surface area contributed by atoms with E-state index in [2.05, 4.69) is 0 Å². The summed E-state index contributed by atoms with van der Waals surface area (Å²) in [5, 5.41) is 0. The van der Waals surface area contributed by atoms with Gasteiger partial charge in [-0.3, -0.25) is 4.79 Å². The number of ether oxygens (including phenoxy) is 1. The summed E-state index contributed by atoms with van der Waals surface area (Å²) in [4.78, 5) is 24.0. The van der Waals surface area contributed by atoms with Crippen LogP contribution in [-0.4, -0.2) is 43.7 Å². The highest BCUT2D eigenvalue weighted by Gasteiger charge is 2.29. The topological polar surface area (TPSA) is 80.8 Å². The molecule has 0 aromatic heterocycles. The second kappa shape index (κ2) is 7.44. The molecule has 1 aliphatic carbocycles. The zero-order chi connectivity index (χ0) is 17.9. The molecule has 0 bridgehead atoms. The van der Waals surface area contributed by atoms with Gasteiger partial charge in [0, 0.05) is 19.5 Å². The number of esters is 1. The van der Waals surface area contributed by atoms with E-state index in [9.17, 15) is 18.0 Å². The first-order valence-corrected chi connectivity index (χ1v) is 9.59. The number of carbonyl (C=O) groups is 2. The summed E-state index contributed by atoms with van der Waals surface area (Å²) in [5.41, 5.74) is 0.710. The van der Waals surface area contributed by atoms with Gasteiger partial charge in [0.15, 0.2) is 11.9 Å². The third-order valence-corrected chi connectivity index (χ3v) is 6.44. The first-order valence-electron chi connectivity index (χ1n) is 8.15. The predicted molar refractivity (Wildman–Crippen MR) is 89.3 cm³/mol. The molecule has 1 aromatic rings. The summed E-state index contributed by atoms with van der Waals surface area (Å²) < 4.78 is 32.0. The highest BCUT2D eigenvalue weighted by Crippen LogP contribution is 2.23. The minimum Gasteiger partial charge on any atom is -0.451 e. The molecule has 0 saturated heterocycles. The van der Waals surface area contributed by atoms with Gasteiger partial charge in [0.05, 0.1) is 10.5 Å². The van der Waals surface area contributed by atoms with Gasteiger partial charge in [-0.05, 0) is 37.5 Å². The normalized spacial score (nSPS) is 18.2. The molecule has 1 aliphatic rings. The number of ketones is 1. The molecule has 1 fully saturated rings. The van der Waals surface area contributed by atoms with Crippen LogP contribution < -0.4 is 0 Å². The molecular formula is C17H23NO5S. The molecule has 0 unspecified atom stereocenters. The van der Waals surface area contributed by atoms with Gasteiger partial charge in [0.1, 0.15) is 0 Å². The van der Waals surface area contributed by atoms with Crippen LogP contribution in [-0.2, 0) is 19.6 Å². The number of sulfonamides is 1. The lowest BCUT2D eigenvalue weighted by Crippen LogP contribution is -2.31. The molecule has 0 N–H and O–H groups in total. The first kappa shape index (κ1) is 18.6. The number of rotatable bonds is 6. The van der Waals surface area contributed by atoms with Crippen LogP contribution in [0.2, 0.25) is 0 Å². The van der Waals surface area contributed by atoms with Crippen molar-refractivity contribution >= 4 is 21.8 Å². The molecule has 0 heterocycles. The van der Waals surface area contributed by atoms with Crippen molar-refractivity contribution in [3.8, 4) is 0 Å². The number of benzene rings is 1. The molecule has 0 amide bonds. The average Bonchev–Trinajstić information content (AvgIpc) is 2.93. The monoisotopic (exact) mass is 353 g/mol. The maximum Gasteiger partial charge on any atom is 0.338 e. The van der Waals surface area contributed by atoms with Crippen LogP contribution in [0.3, 0.4) is 0 Å². The van der Waals surface area contributed by atoms with Crippen LogP contribution in [0.5, 0.6) is 0 Å². The van der Waals surface area contributed by atoms with E-state index in [0.717, 1.165) is 0 Å². The quantitative estimate of drug-likeness (QED) is 0.733. The Balaban J connectivity index is 2.31. The van der Waals surface area contributed by atoms with Crippen LogP contribution in [0, 0.1) is 6.92 Å². The molecule has 7 heteroatoms. The maximum atomic E-state index is 12.7. The zero-order valence-corrected chi connectivity index (χ0v) is 15.1. The molecule has 1 aromatic carbocycles. The van der Waals surface area contributed by atoms with Crippen LogP contribution in [0.4, 0.5) is 0 Å². The Bertz CT molecular complexity index is 737. The van der Waals surface area contributed by atoms with Crippen molar-refractivity contribution in [3.05, 3.63) is 29.3 Å². The molecular weight excluding hydrogens is 330 g/mol. The lowest BCUT2D eigenvalue weighted by atomic mass is 10.1. The van der Waals surface area contributed by atoms with Crippen molar-refractivity contribution in [2.45, 2.75) is 51.0 Å². The number of carbonyl (C=O) groups excluding carboxylic acids is 2. The Labute approximate surface area is 142 Å². The fourth-order valence-corrected chi connectivity index (χ4v) is 4.52. The van der Waals surface area contributed by atoms with Gasteiger partial charge in [-0.25, -0.2) is 13.2 Å². The van der Waals surface area contributed by atoms with E-state index in [1.165, 1.54) is 16.4 Å². The van der Waals surface area contributed by atoms with Crippen LogP contribution in [0.15, 0.2) is 23.1 Å². The van der Waals surface area contributed by atoms with Crippen molar-refractivity contribution in [2.75, 3.05) is 13.1 Å². The van der Waals surface area contributed by atoms with Crippen molar-refractivity contribution in [1.82, 2.24) is 4.31 Å². The van der Waals surface area contributed by atoms with Crippen LogP contribution in [0.1, 0.15) is 49.0 Å². The molecule has 132 valence electrons. The second-order valence-corrected chi connectivity index (χ2v) is 7.73. The maximum absolute atomic E-state index is 12.7. The fraction of sp³-hybridized carbons (Fsp3) is 0.529. The van der Waals surface area contributed by atoms with E-state index >= 15 is 0 Å². The van der Waals surface area contributed by atoms with E-state index in [4.69, 9.17) is 4.74 Å². The third-order valence-electron chi connectivity index (χ3n) is 4.24. The van der Waals surface area contributed by atoms with Gasteiger partial charge in [-0.15, -0.1) is 0 Å². The SMILES string of the molecule is CCN(CC)S(=O)(=O)c1cc(C(=O)O[C@@H]2CCCC2=O)ccc1C. The molecule has 0 spiro atoms. The Morgan fingerprint density at radius 1 is 1.29 bits per heavy atom. The van der Waals surface area contributed by atoms with Crippen molar-refractivity contribution in [3.63, 3.8) is 0 Å². The number of nitrogens with zero attached hydrogens (tertiary/aromatic N) is 1. The Hall–Kier alpha value is -1.73. The van der Waals surface area contributed by atoms with E-state index in [0.29, 0.717) is 37.9 Å². The molecule has 1 saturated carbocycles. The molecule has 6 nitrogen and oxygen atoms in total. The largest absolute Gasteiger partial charge is 0.451 e. The van der Waals surface area contributed by atoms with E-state index in [1.807, 2.05) is 0 Å². The summed E-state index contributed by atoms with van der Waals surface area (Å²) in [6.07, 6.45) is 0.961. The standard InChI is InChI=1S/C17H23NO5S/c1-4-18(5-2)24(21,22)16-11-13(10-9-12(16)3)17(20)23-15-8-6-7-14(15)19/h9-11,15H,4-8H2,1-3H3/t15-/m1/s1. The zero-order valence-electron chi connectivity index (χ0n) is 14.2. The van der Waals surface area contributed by atoms with Gasteiger partial charge in [0.2, 0.25) is 10.0 Å². The van der Waals surface area contributed by atoms with Gasteiger partial charge < -0.3 is 4.74 Å². The minimum atomic E-state index is -3.67. The highest BCUT2D eigenvalue weighted by molar-refractivity contribution is 7.89. The van der Waals surface area contributed by atoms with E-state index in [1.54, 1.807) is 26.8 Å². The number of Topliss-reactive ketones (excluding diaryl/α,β-unsaturated/α-hetero) is 1. The smallest absolute Gasteiger partial charge is 0.338 e. The van der Waals surface area contributed by atoms with Gasteiger partial charge in [0.25, 0.3) is 0 Å². The number of aryl methyl sites for hydroxylation is 1. The van der Waals surface area contributed by atoms with E-state index in [-0.39, 0.29) is 16.2 Å². The van der Waals surface area contributed by atoms with Gasteiger partial charge >= 0.3 is 5.97 Å². The minimum absolute atomic E-state index is 0.0774. The predicted octanol–water partition coefficient (Wildman–Crippen LogP) is 2.30. The van der Waals surface area contributed by atoms with Gasteiger partial charge in [-0.1, -0.05) is 19.9 Å². The summed E-state index contributed by atoms with van der Waals surface area (Å²) in [7, 11) is -3.67. The van der Waals surface area contributed by atoms with Crippen LogP contribution >= 0.6 is 0 Å². The van der Waals surface area contributed by atoms with Crippen molar-refractivity contribution < 1.29 is 22.7 Å². The molecule has 0 aliphatic heterocycles. The summed E-state index contributed by atoms with van der Waals surface area (Å²) in [5.74, 6) is -0.738. The summed E-state index contributed by atoms with van der Waals surface area (Å²) in [6, 6.07) is 4.45. The number of hydrogen-bond donors (Lipinski definition) is 0. The molecule has 2 rings (SSSR count). The molecule has 24 heavy (non-hydrogen) atoms. The van der Waals surface area contributed by atoms with Crippen molar-refractivity contribution in [1.29, 1.82) is 0 Å². The lowest BCUT2D eigenvalue weighted by Gasteiger charge is -2.20. The first-order chi connectivity index (χ1) is 11.3. The lowest BCUT2D eigenvalue weighted by molar-refractivity contribution is -0.124. The van der Waals surface area contributed by atoms with Gasteiger partial charge in [-0.2, -0.15) is 4.31 Å². The Morgan fingerprint density at radius 2 is 1.96 bits per heavy atom.